The minimum Gasteiger partial charge on any atom is -0.452 e. The Bertz CT molecular complexity index is 836. The van der Waals surface area contributed by atoms with Gasteiger partial charge in [0.25, 0.3) is 5.91 Å². The Morgan fingerprint density at radius 3 is 2.70 bits per heavy atom. The monoisotopic (exact) mass is 373 g/mol. The van der Waals surface area contributed by atoms with Crippen molar-refractivity contribution in [2.75, 3.05) is 13.2 Å². The van der Waals surface area contributed by atoms with Crippen LogP contribution in [0.1, 0.15) is 60.1 Å². The van der Waals surface area contributed by atoms with E-state index >= 15 is 0 Å². The molecule has 146 valence electrons. The summed E-state index contributed by atoms with van der Waals surface area (Å²) >= 11 is 0. The van der Waals surface area contributed by atoms with Crippen LogP contribution < -0.4 is 0 Å². The van der Waals surface area contributed by atoms with E-state index in [1.807, 2.05) is 30.2 Å². The van der Waals surface area contributed by atoms with Gasteiger partial charge in [-0.3, -0.25) is 9.36 Å². The lowest BCUT2D eigenvalue weighted by Crippen LogP contribution is -2.45. The highest BCUT2D eigenvalue weighted by atomic mass is 16.5. The molecule has 0 radical (unpaired) electrons. The molecular weight excluding hydrogens is 346 g/mol. The molecule has 7 nitrogen and oxygen atoms in total. The van der Waals surface area contributed by atoms with Gasteiger partial charge in [-0.15, -0.1) is 0 Å². The summed E-state index contributed by atoms with van der Waals surface area (Å²) in [4.78, 5) is 26.9. The van der Waals surface area contributed by atoms with Crippen LogP contribution in [0.2, 0.25) is 0 Å². The summed E-state index contributed by atoms with van der Waals surface area (Å²) in [7, 11) is 0. The quantitative estimate of drug-likeness (QED) is 0.751. The fourth-order valence-electron chi connectivity index (χ4n) is 3.82. The number of aryl methyl sites for hydroxylation is 2. The van der Waals surface area contributed by atoms with Gasteiger partial charge in [0.05, 0.1) is 5.56 Å². The number of aromatic nitrogens is 2. The number of esters is 1. The van der Waals surface area contributed by atoms with Crippen LogP contribution in [-0.2, 0) is 9.53 Å². The molecule has 3 heterocycles. The van der Waals surface area contributed by atoms with Crippen LogP contribution in [0.4, 0.5) is 0 Å². The topological polar surface area (TPSA) is 77.6 Å². The number of rotatable bonds is 5. The zero-order valence-corrected chi connectivity index (χ0v) is 16.4. The summed E-state index contributed by atoms with van der Waals surface area (Å²) in [5.74, 6) is 0.708. The van der Waals surface area contributed by atoms with Gasteiger partial charge in [0.15, 0.2) is 12.4 Å². The van der Waals surface area contributed by atoms with Gasteiger partial charge in [-0.2, -0.15) is 0 Å². The van der Waals surface area contributed by atoms with E-state index in [0.29, 0.717) is 22.8 Å². The largest absolute Gasteiger partial charge is 0.452 e. The molecule has 0 aliphatic carbocycles. The lowest BCUT2D eigenvalue weighted by molar-refractivity contribution is -0.138. The maximum absolute atomic E-state index is 12.6. The number of nitrogens with zero attached hydrogens (tertiary/aromatic N) is 3. The molecule has 1 amide bonds. The predicted molar refractivity (Wildman–Crippen MR) is 100.0 cm³/mol. The molecule has 1 aliphatic heterocycles. The number of hydrogen-bond donors (Lipinski definition) is 0. The third-order valence-corrected chi connectivity index (χ3v) is 5.24. The van der Waals surface area contributed by atoms with Gasteiger partial charge in [0.2, 0.25) is 0 Å². The molecule has 1 fully saturated rings. The predicted octanol–water partition coefficient (Wildman–Crippen LogP) is 3.34. The molecule has 0 N–H and O–H groups in total. The van der Waals surface area contributed by atoms with E-state index in [0.717, 1.165) is 37.9 Å². The van der Waals surface area contributed by atoms with Crippen LogP contribution in [0.5, 0.6) is 0 Å². The smallest absolute Gasteiger partial charge is 0.340 e. The molecule has 0 unspecified atom stereocenters. The SMILES string of the molecule is CC[C@H]1CCCCN1C(=O)COC(=O)c1cc(C)n(-c2cc(C)on2)c1C. The first-order valence-electron chi connectivity index (χ1n) is 9.51. The molecule has 0 bridgehead atoms. The number of piperidine rings is 1. The fraction of sp³-hybridized carbons (Fsp3) is 0.550. The first-order chi connectivity index (χ1) is 12.9. The molecule has 0 spiro atoms. The van der Waals surface area contributed by atoms with E-state index in [9.17, 15) is 9.59 Å². The first-order valence-corrected chi connectivity index (χ1v) is 9.51. The van der Waals surface area contributed by atoms with E-state index in [2.05, 4.69) is 12.1 Å². The third-order valence-electron chi connectivity index (χ3n) is 5.24. The summed E-state index contributed by atoms with van der Waals surface area (Å²) < 4.78 is 12.3. The second-order valence-electron chi connectivity index (χ2n) is 7.14. The van der Waals surface area contributed by atoms with Crippen LogP contribution in [0.25, 0.3) is 5.82 Å². The van der Waals surface area contributed by atoms with Gasteiger partial charge in [-0.1, -0.05) is 12.1 Å². The Morgan fingerprint density at radius 2 is 2.04 bits per heavy atom. The van der Waals surface area contributed by atoms with E-state index in [1.165, 1.54) is 0 Å². The van der Waals surface area contributed by atoms with E-state index < -0.39 is 5.97 Å². The normalized spacial score (nSPS) is 17.2. The molecule has 2 aromatic heterocycles. The molecule has 1 saturated heterocycles. The summed E-state index contributed by atoms with van der Waals surface area (Å²) in [5.41, 5.74) is 2.00. The van der Waals surface area contributed by atoms with Crippen molar-refractivity contribution in [1.82, 2.24) is 14.6 Å². The molecule has 27 heavy (non-hydrogen) atoms. The molecule has 0 aromatic carbocycles. The molecule has 7 heteroatoms. The average Bonchev–Trinajstić information content (AvgIpc) is 3.21. The van der Waals surface area contributed by atoms with Crippen LogP contribution in [-0.4, -0.2) is 45.7 Å². The minimum atomic E-state index is -0.493. The van der Waals surface area contributed by atoms with Crippen molar-refractivity contribution >= 4 is 11.9 Å². The molecule has 1 aliphatic rings. The molecule has 1 atom stereocenters. The van der Waals surface area contributed by atoms with Crippen LogP contribution >= 0.6 is 0 Å². The Labute approximate surface area is 159 Å². The van der Waals surface area contributed by atoms with Crippen molar-refractivity contribution in [1.29, 1.82) is 0 Å². The van der Waals surface area contributed by atoms with Crippen LogP contribution in [0.15, 0.2) is 16.7 Å². The maximum atomic E-state index is 12.6. The number of amides is 1. The molecule has 3 rings (SSSR count). The summed E-state index contributed by atoms with van der Waals surface area (Å²) in [6, 6.07) is 3.81. The average molecular weight is 373 g/mol. The van der Waals surface area contributed by atoms with Gasteiger partial charge < -0.3 is 14.2 Å². The van der Waals surface area contributed by atoms with Crippen molar-refractivity contribution in [3.05, 3.63) is 34.8 Å². The van der Waals surface area contributed by atoms with Gasteiger partial charge >= 0.3 is 5.97 Å². The number of carbonyl (C=O) groups is 2. The van der Waals surface area contributed by atoms with Crippen molar-refractivity contribution in [3.63, 3.8) is 0 Å². The maximum Gasteiger partial charge on any atom is 0.340 e. The van der Waals surface area contributed by atoms with Crippen LogP contribution in [0.3, 0.4) is 0 Å². The molecule has 2 aromatic rings. The van der Waals surface area contributed by atoms with Gasteiger partial charge in [0, 0.05) is 30.0 Å². The molecular formula is C20H27N3O4. The lowest BCUT2D eigenvalue weighted by atomic mass is 10.00. The van der Waals surface area contributed by atoms with Gasteiger partial charge in [0.1, 0.15) is 5.76 Å². The Balaban J connectivity index is 1.69. The molecule has 0 saturated carbocycles. The number of carbonyl (C=O) groups excluding carboxylic acids is 2. The Kier molecular flexibility index (Phi) is 5.68. The highest BCUT2D eigenvalue weighted by molar-refractivity contribution is 5.93. The third kappa shape index (κ3) is 3.91. The summed E-state index contributed by atoms with van der Waals surface area (Å²) in [6.45, 7) is 8.14. The zero-order valence-electron chi connectivity index (χ0n) is 16.4. The minimum absolute atomic E-state index is 0.115. The van der Waals surface area contributed by atoms with Crippen molar-refractivity contribution in [3.8, 4) is 5.82 Å². The van der Waals surface area contributed by atoms with Gasteiger partial charge in [-0.05, 0) is 52.5 Å². The zero-order chi connectivity index (χ0) is 19.6. The highest BCUT2D eigenvalue weighted by Gasteiger charge is 2.27. The van der Waals surface area contributed by atoms with E-state index in [4.69, 9.17) is 9.26 Å². The van der Waals surface area contributed by atoms with Crippen LogP contribution in [0, 0.1) is 20.8 Å². The highest BCUT2D eigenvalue weighted by Crippen LogP contribution is 2.22. The van der Waals surface area contributed by atoms with Crippen molar-refractivity contribution < 1.29 is 18.8 Å². The standard InChI is InChI=1S/C20H27N3O4/c1-5-16-8-6-7-9-22(16)19(24)12-26-20(25)17-10-13(2)23(15(17)4)18-11-14(3)27-21-18/h10-11,16H,5-9,12H2,1-4H3/t16-/m0/s1. The Hall–Kier alpha value is -2.57. The summed E-state index contributed by atoms with van der Waals surface area (Å²) in [6.07, 6.45) is 4.11. The number of ether oxygens (including phenoxy) is 1. The second-order valence-corrected chi connectivity index (χ2v) is 7.14. The number of hydrogen-bond acceptors (Lipinski definition) is 5. The summed E-state index contributed by atoms with van der Waals surface area (Å²) in [5, 5.41) is 4.01. The second kappa shape index (κ2) is 7.98. The van der Waals surface area contributed by atoms with E-state index in [-0.39, 0.29) is 18.6 Å². The number of likely N-dealkylation sites (tertiary alicyclic amines) is 1. The lowest BCUT2D eigenvalue weighted by Gasteiger charge is -2.35. The van der Waals surface area contributed by atoms with Crippen molar-refractivity contribution in [2.45, 2.75) is 59.4 Å². The van der Waals surface area contributed by atoms with E-state index in [1.54, 1.807) is 12.1 Å². The first kappa shape index (κ1) is 19.2. The van der Waals surface area contributed by atoms with Gasteiger partial charge in [-0.25, -0.2) is 4.79 Å². The fourth-order valence-corrected chi connectivity index (χ4v) is 3.82. The van der Waals surface area contributed by atoms with Crippen molar-refractivity contribution in [2.24, 2.45) is 0 Å². The Morgan fingerprint density at radius 1 is 1.26 bits per heavy atom.